The third-order valence-electron chi connectivity index (χ3n) is 6.57. The summed E-state index contributed by atoms with van der Waals surface area (Å²) in [4.78, 5) is 32.8. The minimum atomic E-state index is -1.00. The summed E-state index contributed by atoms with van der Waals surface area (Å²) in [6.07, 6.45) is 1.85. The molecule has 5 rings (SSSR count). The van der Waals surface area contributed by atoms with Crippen LogP contribution in [0.15, 0.2) is 66.2 Å². The monoisotopic (exact) mass is 546 g/mol. The van der Waals surface area contributed by atoms with Gasteiger partial charge in [-0.05, 0) is 49.2 Å². The van der Waals surface area contributed by atoms with Crippen LogP contribution in [0.1, 0.15) is 42.5 Å². The van der Waals surface area contributed by atoms with Gasteiger partial charge in [-0.3, -0.25) is 14.5 Å². The molecule has 0 bridgehead atoms. The summed E-state index contributed by atoms with van der Waals surface area (Å²) in [7, 11) is 1.51. The number of thiazole rings is 1. The number of hydrogen-bond donors (Lipinski definition) is 1. The number of hydrogen-bond acceptors (Lipinski definition) is 7. The average Bonchev–Trinajstić information content (AvgIpc) is 3.46. The van der Waals surface area contributed by atoms with E-state index in [9.17, 15) is 19.1 Å². The van der Waals surface area contributed by atoms with Crippen LogP contribution in [0, 0.1) is 12.7 Å². The van der Waals surface area contributed by atoms with Crippen LogP contribution in [-0.4, -0.2) is 35.5 Å². The van der Waals surface area contributed by atoms with Crippen molar-refractivity contribution in [3.63, 3.8) is 0 Å². The van der Waals surface area contributed by atoms with Crippen LogP contribution in [0.5, 0.6) is 11.5 Å². The van der Waals surface area contributed by atoms with E-state index in [2.05, 4.69) is 11.9 Å². The number of aryl methyl sites for hydroxylation is 1. The number of aromatic nitrogens is 1. The maximum atomic E-state index is 13.9. The van der Waals surface area contributed by atoms with Gasteiger partial charge in [-0.1, -0.05) is 60.6 Å². The van der Waals surface area contributed by atoms with Gasteiger partial charge in [-0.2, -0.15) is 0 Å². The number of methoxy groups -OCH3 is 1. The highest BCUT2D eigenvalue weighted by Gasteiger charge is 2.48. The molecule has 0 spiro atoms. The number of Topliss-reactive ketones (excluding diaryl/α,β-unsaturated/α-hetero) is 1. The standard InChI is InChI=1S/C30H27FN2O5S/c1-4-5-14-38-22-13-10-19(15-23(22)37-3)26-25(27(34)18-8-6-17(2)7-9-18)28(35)29(36)33(26)30-32-21-12-11-20(31)16-24(21)39-30/h6-13,15-16,26,34H,4-5,14H2,1-3H3/b27-25+. The zero-order valence-corrected chi connectivity index (χ0v) is 22.5. The molecule has 0 radical (unpaired) electrons. The number of nitrogens with zero attached hydrogens (tertiary/aromatic N) is 2. The van der Waals surface area contributed by atoms with Crippen molar-refractivity contribution in [3.8, 4) is 11.5 Å². The van der Waals surface area contributed by atoms with Gasteiger partial charge in [0, 0.05) is 5.56 Å². The number of aliphatic hydroxyl groups excluding tert-OH is 1. The molecule has 1 N–H and O–H groups in total. The topological polar surface area (TPSA) is 89.0 Å². The van der Waals surface area contributed by atoms with E-state index in [1.54, 1.807) is 30.3 Å². The van der Waals surface area contributed by atoms with Crippen molar-refractivity contribution in [1.82, 2.24) is 4.98 Å². The lowest BCUT2D eigenvalue weighted by Crippen LogP contribution is -2.29. The maximum Gasteiger partial charge on any atom is 0.301 e. The van der Waals surface area contributed by atoms with Crippen molar-refractivity contribution < 1.29 is 28.6 Å². The molecule has 200 valence electrons. The van der Waals surface area contributed by atoms with E-state index >= 15 is 0 Å². The Balaban J connectivity index is 1.68. The van der Waals surface area contributed by atoms with Crippen molar-refractivity contribution in [2.75, 3.05) is 18.6 Å². The van der Waals surface area contributed by atoms with Gasteiger partial charge in [0.1, 0.15) is 11.6 Å². The SMILES string of the molecule is CCCCOc1ccc(C2/C(=C(\O)c3ccc(C)cc3)C(=O)C(=O)N2c2nc3ccc(F)cc3s2)cc1OC. The normalized spacial score (nSPS) is 16.7. The van der Waals surface area contributed by atoms with Crippen LogP contribution in [-0.2, 0) is 9.59 Å². The van der Waals surface area contributed by atoms with Crippen LogP contribution >= 0.6 is 11.3 Å². The van der Waals surface area contributed by atoms with E-state index < -0.39 is 23.5 Å². The van der Waals surface area contributed by atoms with Gasteiger partial charge in [0.05, 0.1) is 35.5 Å². The summed E-state index contributed by atoms with van der Waals surface area (Å²) < 4.78 is 25.9. The molecule has 9 heteroatoms. The fourth-order valence-electron chi connectivity index (χ4n) is 4.50. The molecule has 39 heavy (non-hydrogen) atoms. The molecule has 1 aliphatic heterocycles. The average molecular weight is 547 g/mol. The molecule has 4 aromatic rings. The molecule has 2 heterocycles. The van der Waals surface area contributed by atoms with Crippen LogP contribution in [0.2, 0.25) is 0 Å². The molecule has 1 unspecified atom stereocenters. The lowest BCUT2D eigenvalue weighted by atomic mass is 9.95. The highest BCUT2D eigenvalue weighted by Crippen LogP contribution is 2.46. The number of benzene rings is 3. The van der Waals surface area contributed by atoms with Crippen LogP contribution in [0.25, 0.3) is 16.0 Å². The molecule has 7 nitrogen and oxygen atoms in total. The fourth-order valence-corrected chi connectivity index (χ4v) is 5.52. The number of aliphatic hydroxyl groups is 1. The molecule has 1 amide bonds. The molecule has 0 saturated carbocycles. The Morgan fingerprint density at radius 2 is 1.85 bits per heavy atom. The maximum absolute atomic E-state index is 13.9. The first-order valence-electron chi connectivity index (χ1n) is 12.6. The second-order valence-electron chi connectivity index (χ2n) is 9.26. The minimum Gasteiger partial charge on any atom is -0.507 e. The highest BCUT2D eigenvalue weighted by molar-refractivity contribution is 7.22. The third kappa shape index (κ3) is 4.97. The van der Waals surface area contributed by atoms with Gasteiger partial charge < -0.3 is 14.6 Å². The van der Waals surface area contributed by atoms with Gasteiger partial charge in [0.15, 0.2) is 16.6 Å². The van der Waals surface area contributed by atoms with Gasteiger partial charge in [-0.25, -0.2) is 9.37 Å². The Hall–Kier alpha value is -4.24. The summed E-state index contributed by atoms with van der Waals surface area (Å²) in [5.74, 6) is -1.45. The zero-order chi connectivity index (χ0) is 27.7. The number of fused-ring (bicyclic) bond motifs is 1. The van der Waals surface area contributed by atoms with Gasteiger partial charge in [0.2, 0.25) is 0 Å². The summed E-state index contributed by atoms with van der Waals surface area (Å²) in [6, 6.07) is 15.3. The number of rotatable bonds is 8. The van der Waals surface area contributed by atoms with E-state index in [1.165, 1.54) is 30.2 Å². The molecular weight excluding hydrogens is 519 g/mol. The third-order valence-corrected chi connectivity index (χ3v) is 7.59. The first-order valence-corrected chi connectivity index (χ1v) is 13.4. The molecular formula is C30H27FN2O5S. The Kier molecular flexibility index (Phi) is 7.34. The smallest absolute Gasteiger partial charge is 0.301 e. The number of carbonyl (C=O) groups is 2. The Morgan fingerprint density at radius 3 is 2.56 bits per heavy atom. The summed E-state index contributed by atoms with van der Waals surface area (Å²) in [5, 5.41) is 11.6. The molecule has 1 aromatic heterocycles. The van der Waals surface area contributed by atoms with Crippen molar-refractivity contribution in [2.24, 2.45) is 0 Å². The second-order valence-corrected chi connectivity index (χ2v) is 10.3. The number of amides is 1. The second kappa shape index (κ2) is 10.9. The molecule has 1 saturated heterocycles. The van der Waals surface area contributed by atoms with Gasteiger partial charge in [-0.15, -0.1) is 0 Å². The summed E-state index contributed by atoms with van der Waals surface area (Å²) >= 11 is 1.09. The van der Waals surface area contributed by atoms with E-state index in [0.717, 1.165) is 29.7 Å². The lowest BCUT2D eigenvalue weighted by Gasteiger charge is -2.24. The predicted molar refractivity (Wildman–Crippen MR) is 149 cm³/mol. The van der Waals surface area contributed by atoms with E-state index in [-0.39, 0.29) is 16.5 Å². The number of halogens is 1. The van der Waals surface area contributed by atoms with E-state index in [4.69, 9.17) is 9.47 Å². The predicted octanol–water partition coefficient (Wildman–Crippen LogP) is 6.56. The number of ketones is 1. The van der Waals surface area contributed by atoms with Crippen molar-refractivity contribution >= 4 is 44.1 Å². The first kappa shape index (κ1) is 26.4. The first-order chi connectivity index (χ1) is 18.8. The fraction of sp³-hybridized carbons (Fsp3) is 0.233. The lowest BCUT2D eigenvalue weighted by molar-refractivity contribution is -0.132. The number of carbonyl (C=O) groups excluding carboxylic acids is 2. The summed E-state index contributed by atoms with van der Waals surface area (Å²) in [5.41, 5.74) is 2.33. The molecule has 1 aliphatic rings. The Bertz CT molecular complexity index is 1590. The Morgan fingerprint density at radius 1 is 1.08 bits per heavy atom. The molecule has 3 aromatic carbocycles. The van der Waals surface area contributed by atoms with Crippen molar-refractivity contribution in [1.29, 1.82) is 0 Å². The summed E-state index contributed by atoms with van der Waals surface area (Å²) in [6.45, 7) is 4.49. The number of anilines is 1. The van der Waals surface area contributed by atoms with Crippen LogP contribution < -0.4 is 14.4 Å². The zero-order valence-electron chi connectivity index (χ0n) is 21.7. The number of ether oxygens (including phenoxy) is 2. The van der Waals surface area contributed by atoms with Crippen molar-refractivity contribution in [3.05, 3.63) is 88.7 Å². The quantitative estimate of drug-likeness (QED) is 0.117. The molecule has 0 aliphatic carbocycles. The van der Waals surface area contributed by atoms with Crippen molar-refractivity contribution in [2.45, 2.75) is 32.7 Å². The van der Waals surface area contributed by atoms with E-state index in [0.29, 0.717) is 39.4 Å². The minimum absolute atomic E-state index is 0.0732. The Labute approximate surface area is 229 Å². The van der Waals surface area contributed by atoms with Gasteiger partial charge >= 0.3 is 5.91 Å². The van der Waals surface area contributed by atoms with Crippen LogP contribution in [0.3, 0.4) is 0 Å². The largest absolute Gasteiger partial charge is 0.507 e. The van der Waals surface area contributed by atoms with E-state index in [1.807, 2.05) is 19.1 Å². The van der Waals surface area contributed by atoms with Gasteiger partial charge in [0.25, 0.3) is 5.78 Å². The molecule has 1 atom stereocenters. The highest BCUT2D eigenvalue weighted by atomic mass is 32.1. The number of unbranched alkanes of at least 4 members (excludes halogenated alkanes) is 1. The molecule has 1 fully saturated rings. The van der Waals surface area contributed by atoms with Crippen LogP contribution in [0.4, 0.5) is 9.52 Å².